The number of carbonyl (C=O) groups is 3. The molecule has 5 rings (SSSR count). The van der Waals surface area contributed by atoms with Crippen LogP contribution in [0.25, 0.3) is 17.0 Å². The molecule has 18 heteroatoms. The van der Waals surface area contributed by atoms with E-state index >= 15 is 0 Å². The van der Waals surface area contributed by atoms with Crippen molar-refractivity contribution in [2.24, 2.45) is 0 Å². The van der Waals surface area contributed by atoms with Gasteiger partial charge >= 0.3 is 6.18 Å². The van der Waals surface area contributed by atoms with Gasteiger partial charge in [0.15, 0.2) is 9.34 Å². The van der Waals surface area contributed by atoms with Gasteiger partial charge in [0.2, 0.25) is 5.91 Å². The topological polar surface area (TPSA) is 143 Å². The summed E-state index contributed by atoms with van der Waals surface area (Å²) in [4.78, 5) is 41.9. The van der Waals surface area contributed by atoms with Gasteiger partial charge in [-0.05, 0) is 60.2 Å². The fourth-order valence-electron chi connectivity index (χ4n) is 4.47. The van der Waals surface area contributed by atoms with Crippen molar-refractivity contribution in [1.29, 1.82) is 0 Å². The average molecular weight is 699 g/mol. The van der Waals surface area contributed by atoms with Gasteiger partial charge in [0, 0.05) is 30.4 Å². The number of halogens is 4. The molecule has 236 valence electrons. The molecule has 1 aliphatic heterocycles. The number of aryl methyl sites for hydroxylation is 1. The maximum atomic E-state index is 13.6. The molecule has 1 saturated heterocycles. The largest absolute Gasteiger partial charge is 0.416 e. The Morgan fingerprint density at radius 2 is 1.91 bits per heavy atom. The number of hydrogen-bond acceptors (Lipinski definition) is 9. The van der Waals surface area contributed by atoms with Crippen LogP contribution in [0.1, 0.15) is 29.3 Å². The number of benzene rings is 2. The number of sulfonamides is 1. The third-order valence-corrected chi connectivity index (χ3v) is 10.7. The SMILES string of the molecule is CC(=O)Nc1nc(C)c(S(=O)(=O)NCCN2C(=O)S/C(=C\c3ccc4c(cnn4Cc4ccc(Cl)cc4C(F)(F)F)c3)C2=O)s1. The lowest BCUT2D eigenvalue weighted by Gasteiger charge is -2.14. The molecule has 0 radical (unpaired) electrons. The van der Waals surface area contributed by atoms with E-state index < -0.39 is 38.8 Å². The van der Waals surface area contributed by atoms with Crippen LogP contribution in [0.2, 0.25) is 5.02 Å². The molecule has 0 unspecified atom stereocenters. The van der Waals surface area contributed by atoms with Crippen molar-refractivity contribution in [2.45, 2.75) is 30.8 Å². The zero-order chi connectivity index (χ0) is 32.7. The summed E-state index contributed by atoms with van der Waals surface area (Å²) < 4.78 is 69.8. The third kappa shape index (κ3) is 7.22. The Hall–Kier alpha value is -3.77. The fraction of sp³-hybridized carbons (Fsp3) is 0.222. The van der Waals surface area contributed by atoms with Crippen LogP contribution in [0.4, 0.5) is 23.1 Å². The molecule has 0 bridgehead atoms. The van der Waals surface area contributed by atoms with E-state index in [1.54, 1.807) is 18.2 Å². The summed E-state index contributed by atoms with van der Waals surface area (Å²) >= 11 is 7.25. The van der Waals surface area contributed by atoms with Gasteiger partial charge in [-0.15, -0.1) is 0 Å². The molecule has 2 aromatic carbocycles. The molecule has 11 nitrogen and oxygen atoms in total. The van der Waals surface area contributed by atoms with Crippen molar-refractivity contribution in [1.82, 2.24) is 24.4 Å². The van der Waals surface area contributed by atoms with Gasteiger partial charge in [-0.25, -0.2) is 18.1 Å². The predicted molar refractivity (Wildman–Crippen MR) is 164 cm³/mol. The summed E-state index contributed by atoms with van der Waals surface area (Å²) in [6.45, 7) is 2.10. The van der Waals surface area contributed by atoms with Gasteiger partial charge in [-0.2, -0.15) is 18.3 Å². The Labute approximate surface area is 267 Å². The standard InChI is InChI=1S/C27H22ClF3N6O5S3/c1-14-24(44-25(34-14)35-15(2)38)45(41,42)33-7-8-36-23(39)22(43-26(36)40)10-16-3-6-21-18(9-16)12-32-37(21)13-17-4-5-19(28)11-20(17)27(29,30)31/h3-6,9-12,33H,7-8,13H2,1-2H3,(H,34,35,38)/b22-10-. The van der Waals surface area contributed by atoms with Crippen molar-refractivity contribution in [3.63, 3.8) is 0 Å². The minimum Gasteiger partial charge on any atom is -0.302 e. The minimum absolute atomic E-state index is 0.00568. The number of nitrogens with one attached hydrogen (secondary N) is 2. The van der Waals surface area contributed by atoms with Crippen LogP contribution >= 0.6 is 34.7 Å². The quantitative estimate of drug-likeness (QED) is 0.218. The number of amides is 3. The summed E-state index contributed by atoms with van der Waals surface area (Å²) in [7, 11) is -4.03. The smallest absolute Gasteiger partial charge is 0.302 e. The first-order valence-electron chi connectivity index (χ1n) is 12.9. The molecule has 1 aliphatic rings. The summed E-state index contributed by atoms with van der Waals surface area (Å²) in [5, 5.41) is 6.77. The maximum Gasteiger partial charge on any atom is 0.416 e. The molecule has 3 amide bonds. The molecule has 2 aromatic heterocycles. The minimum atomic E-state index is -4.59. The van der Waals surface area contributed by atoms with E-state index in [0.717, 1.165) is 22.3 Å². The number of aromatic nitrogens is 3. The Balaban J connectivity index is 1.26. The van der Waals surface area contributed by atoms with Gasteiger partial charge in [0.1, 0.15) is 0 Å². The van der Waals surface area contributed by atoms with E-state index in [4.69, 9.17) is 11.6 Å². The van der Waals surface area contributed by atoms with E-state index in [1.807, 2.05) is 0 Å². The Morgan fingerprint density at radius 1 is 1.16 bits per heavy atom. The number of thioether (sulfide) groups is 1. The molecule has 45 heavy (non-hydrogen) atoms. The molecule has 0 aliphatic carbocycles. The second-order valence-electron chi connectivity index (χ2n) is 9.72. The highest BCUT2D eigenvalue weighted by Gasteiger charge is 2.36. The number of thiazole rings is 1. The van der Waals surface area contributed by atoms with Crippen molar-refractivity contribution in [2.75, 3.05) is 18.4 Å². The Bertz CT molecular complexity index is 1990. The first-order chi connectivity index (χ1) is 21.1. The van der Waals surface area contributed by atoms with Crippen molar-refractivity contribution in [3.05, 3.63) is 74.9 Å². The number of hydrogen-bond donors (Lipinski definition) is 2. The number of nitrogens with zero attached hydrogens (tertiary/aromatic N) is 4. The van der Waals surface area contributed by atoms with E-state index in [-0.39, 0.29) is 50.2 Å². The van der Waals surface area contributed by atoms with Gasteiger partial charge in [0.25, 0.3) is 21.2 Å². The predicted octanol–water partition coefficient (Wildman–Crippen LogP) is 5.49. The molecule has 1 fully saturated rings. The molecule has 2 N–H and O–H groups in total. The Morgan fingerprint density at radius 3 is 2.62 bits per heavy atom. The zero-order valence-electron chi connectivity index (χ0n) is 23.3. The third-order valence-electron chi connectivity index (χ3n) is 6.44. The lowest BCUT2D eigenvalue weighted by Crippen LogP contribution is -2.37. The molecule has 0 atom stereocenters. The number of imide groups is 1. The first kappa shape index (κ1) is 32.6. The molecular weight excluding hydrogens is 677 g/mol. The number of fused-ring (bicyclic) bond motifs is 1. The van der Waals surface area contributed by atoms with Gasteiger partial charge < -0.3 is 5.32 Å². The summed E-state index contributed by atoms with van der Waals surface area (Å²) in [6.07, 6.45) is -1.61. The lowest BCUT2D eigenvalue weighted by molar-refractivity contribution is -0.138. The van der Waals surface area contributed by atoms with Gasteiger partial charge in [-0.3, -0.25) is 24.0 Å². The lowest BCUT2D eigenvalue weighted by atomic mass is 10.1. The van der Waals surface area contributed by atoms with E-state index in [0.29, 0.717) is 28.2 Å². The van der Waals surface area contributed by atoms with Crippen molar-refractivity contribution < 1.29 is 36.0 Å². The van der Waals surface area contributed by atoms with Crippen LogP contribution in [0.5, 0.6) is 0 Å². The van der Waals surface area contributed by atoms with Crippen LogP contribution in [-0.2, 0) is 32.3 Å². The highest BCUT2D eigenvalue weighted by atomic mass is 35.5. The molecule has 0 spiro atoms. The van der Waals surface area contributed by atoms with Crippen molar-refractivity contribution in [3.8, 4) is 0 Å². The number of alkyl halides is 3. The van der Waals surface area contributed by atoms with Crippen LogP contribution in [-0.4, -0.2) is 58.2 Å². The van der Waals surface area contributed by atoms with Crippen molar-refractivity contribution >= 4 is 83.9 Å². The molecule has 3 heterocycles. The average Bonchev–Trinajstić information content (AvgIpc) is 3.60. The van der Waals surface area contributed by atoms with Gasteiger partial charge in [0.05, 0.1) is 34.4 Å². The van der Waals surface area contributed by atoms with E-state index in [9.17, 15) is 36.0 Å². The van der Waals surface area contributed by atoms with Crippen LogP contribution in [0, 0.1) is 6.92 Å². The number of rotatable bonds is 9. The highest BCUT2D eigenvalue weighted by Crippen LogP contribution is 2.35. The van der Waals surface area contributed by atoms with Crippen LogP contribution in [0.3, 0.4) is 0 Å². The number of anilines is 1. The monoisotopic (exact) mass is 698 g/mol. The molecule has 4 aromatic rings. The summed E-state index contributed by atoms with van der Waals surface area (Å²) in [5.41, 5.74) is 0.425. The number of carbonyl (C=O) groups excluding carboxylic acids is 3. The Kier molecular flexibility index (Phi) is 9.10. The fourth-order valence-corrected chi connectivity index (χ4v) is 8.03. The van der Waals surface area contributed by atoms with Crippen LogP contribution in [0.15, 0.2) is 51.7 Å². The second kappa shape index (κ2) is 12.6. The normalized spacial score (nSPS) is 15.1. The highest BCUT2D eigenvalue weighted by molar-refractivity contribution is 8.18. The summed E-state index contributed by atoms with van der Waals surface area (Å²) in [5.74, 6) is -1.01. The molecule has 0 saturated carbocycles. The van der Waals surface area contributed by atoms with Crippen LogP contribution < -0.4 is 10.0 Å². The van der Waals surface area contributed by atoms with Gasteiger partial charge in [-0.1, -0.05) is 35.1 Å². The second-order valence-corrected chi connectivity index (χ2v) is 14.1. The summed E-state index contributed by atoms with van der Waals surface area (Å²) in [6, 6.07) is 8.52. The van der Waals surface area contributed by atoms with E-state index in [1.165, 1.54) is 42.9 Å². The maximum absolute atomic E-state index is 13.6. The first-order valence-corrected chi connectivity index (χ1v) is 16.4. The molecular formula is C27H22ClF3N6O5S3. The van der Waals surface area contributed by atoms with E-state index in [2.05, 4.69) is 20.1 Å². The zero-order valence-corrected chi connectivity index (χ0v) is 26.5.